The summed E-state index contributed by atoms with van der Waals surface area (Å²) in [5.41, 5.74) is 10.9. The summed E-state index contributed by atoms with van der Waals surface area (Å²) < 4.78 is 46.6. The normalized spacial score (nSPS) is 19.9. The summed E-state index contributed by atoms with van der Waals surface area (Å²) in [6.45, 7) is 5.81. The van der Waals surface area contributed by atoms with E-state index in [4.69, 9.17) is 21.2 Å². The second kappa shape index (κ2) is 11.3. The minimum atomic E-state index is -4.70. The summed E-state index contributed by atoms with van der Waals surface area (Å²) >= 11 is 0. The molecule has 12 heteroatoms. The molecular weight excluding hydrogens is 539 g/mol. The second-order valence-electron chi connectivity index (χ2n) is 10.4. The van der Waals surface area contributed by atoms with E-state index in [9.17, 15) is 27.9 Å². The molecule has 1 aromatic carbocycles. The standard InChI is InChI=1S/C29H32F3N5O4/c1-4-41-22-13-17(21(38)8-6-19(15-33)29(30,31)32)5-7-20(22)23-24-25(34)35-11-12-37(24)26(36-23)18-9-10-28(14-18,16(2)3)27(39)40/h5-8,11-13,15-16,18H,4,9-10,14,33H2,1-3H3,(H2,34,35)(H,39,40)/b8-6?,19-15+/t18-,28+/m0/s1. The number of halogens is 3. The molecule has 3 aromatic rings. The number of anilines is 1. The maximum atomic E-state index is 13.0. The molecule has 2 heterocycles. The maximum Gasteiger partial charge on any atom is 0.417 e. The number of rotatable bonds is 9. The van der Waals surface area contributed by atoms with Crippen molar-refractivity contribution >= 4 is 23.1 Å². The third-order valence-electron chi connectivity index (χ3n) is 7.80. The molecule has 1 aliphatic rings. The van der Waals surface area contributed by atoms with Crippen molar-refractivity contribution in [1.29, 1.82) is 0 Å². The van der Waals surface area contributed by atoms with Crippen molar-refractivity contribution in [2.24, 2.45) is 17.1 Å². The molecule has 9 nitrogen and oxygen atoms in total. The third-order valence-corrected chi connectivity index (χ3v) is 7.80. The van der Waals surface area contributed by atoms with Gasteiger partial charge in [-0.15, -0.1) is 0 Å². The number of hydrogen-bond acceptors (Lipinski definition) is 7. The summed E-state index contributed by atoms with van der Waals surface area (Å²) in [6, 6.07) is 4.50. The van der Waals surface area contributed by atoms with Crippen LogP contribution in [-0.4, -0.2) is 44.0 Å². The number of aromatic nitrogens is 3. The average molecular weight is 572 g/mol. The fraction of sp³-hybridized carbons (Fsp3) is 0.379. The van der Waals surface area contributed by atoms with Gasteiger partial charge in [0.1, 0.15) is 28.6 Å². The summed E-state index contributed by atoms with van der Waals surface area (Å²) in [4.78, 5) is 34.2. The lowest BCUT2D eigenvalue weighted by atomic mass is 9.75. The number of alkyl halides is 3. The van der Waals surface area contributed by atoms with Gasteiger partial charge in [0.2, 0.25) is 0 Å². The predicted molar refractivity (Wildman–Crippen MR) is 147 cm³/mol. The van der Waals surface area contributed by atoms with Crippen LogP contribution in [0.2, 0.25) is 0 Å². The largest absolute Gasteiger partial charge is 0.493 e. The minimum absolute atomic E-state index is 0.0707. The van der Waals surface area contributed by atoms with Gasteiger partial charge in [-0.2, -0.15) is 13.2 Å². The van der Waals surface area contributed by atoms with Crippen LogP contribution >= 0.6 is 0 Å². The van der Waals surface area contributed by atoms with Gasteiger partial charge in [0, 0.05) is 35.6 Å². The molecule has 0 saturated heterocycles. The van der Waals surface area contributed by atoms with Crippen LogP contribution in [0.15, 0.2) is 54.5 Å². The predicted octanol–water partition coefficient (Wildman–Crippen LogP) is 5.52. The topological polar surface area (TPSA) is 146 Å². The van der Waals surface area contributed by atoms with Crippen molar-refractivity contribution in [3.8, 4) is 17.0 Å². The molecular formula is C29H32F3N5O4. The summed E-state index contributed by atoms with van der Waals surface area (Å²) in [5.74, 6) is -0.606. The number of carboxylic acids is 1. The second-order valence-corrected chi connectivity index (χ2v) is 10.4. The fourth-order valence-electron chi connectivity index (χ4n) is 5.48. The van der Waals surface area contributed by atoms with Gasteiger partial charge in [-0.1, -0.05) is 19.9 Å². The van der Waals surface area contributed by atoms with Crippen LogP contribution in [0.5, 0.6) is 5.75 Å². The molecule has 0 radical (unpaired) electrons. The quantitative estimate of drug-likeness (QED) is 0.173. The van der Waals surface area contributed by atoms with Crippen molar-refractivity contribution < 1.29 is 32.6 Å². The van der Waals surface area contributed by atoms with Crippen LogP contribution in [-0.2, 0) is 4.79 Å². The van der Waals surface area contributed by atoms with E-state index in [2.05, 4.69) is 4.98 Å². The highest BCUT2D eigenvalue weighted by Gasteiger charge is 2.49. The molecule has 2 aromatic heterocycles. The van der Waals surface area contributed by atoms with Crippen LogP contribution in [0, 0.1) is 11.3 Å². The molecule has 5 N–H and O–H groups in total. The molecule has 1 fully saturated rings. The average Bonchev–Trinajstić information content (AvgIpc) is 3.52. The van der Waals surface area contributed by atoms with E-state index in [1.54, 1.807) is 25.4 Å². The van der Waals surface area contributed by atoms with Gasteiger partial charge < -0.3 is 21.3 Å². The Bertz CT molecular complexity index is 1540. The van der Waals surface area contributed by atoms with E-state index in [-0.39, 0.29) is 35.6 Å². The number of benzene rings is 1. The zero-order valence-corrected chi connectivity index (χ0v) is 22.9. The van der Waals surface area contributed by atoms with Crippen molar-refractivity contribution in [1.82, 2.24) is 14.4 Å². The monoisotopic (exact) mass is 571 g/mol. The SMILES string of the molecule is CCOc1cc(C(=O)C=C/C(=C\N)C(F)(F)F)ccc1-c1nc([C@H]2CC[C@](C(=O)O)(C(C)C)C2)n2ccnc(N)c12. The Hall–Kier alpha value is -4.35. The van der Waals surface area contributed by atoms with Crippen molar-refractivity contribution in [2.45, 2.75) is 52.1 Å². The highest BCUT2D eigenvalue weighted by atomic mass is 19.4. The van der Waals surface area contributed by atoms with Gasteiger partial charge in [-0.05, 0) is 56.4 Å². The first kappa shape index (κ1) is 29.6. The molecule has 0 spiro atoms. The number of aliphatic carboxylic acids is 1. The number of imidazole rings is 1. The molecule has 2 atom stereocenters. The lowest BCUT2D eigenvalue weighted by Crippen LogP contribution is -2.33. The zero-order chi connectivity index (χ0) is 30.1. The molecule has 1 aliphatic carbocycles. The third kappa shape index (κ3) is 5.50. The highest BCUT2D eigenvalue weighted by Crippen LogP contribution is 2.51. The van der Waals surface area contributed by atoms with Crippen LogP contribution in [0.25, 0.3) is 16.8 Å². The first-order valence-corrected chi connectivity index (χ1v) is 13.2. The number of carboxylic acid groups (broad SMARTS) is 1. The maximum absolute atomic E-state index is 13.0. The molecule has 218 valence electrons. The van der Waals surface area contributed by atoms with E-state index in [1.165, 1.54) is 12.1 Å². The van der Waals surface area contributed by atoms with Crippen LogP contribution in [0.4, 0.5) is 19.0 Å². The number of allylic oxidation sites excluding steroid dienone is 3. The van der Waals surface area contributed by atoms with Gasteiger partial charge in [0.25, 0.3) is 0 Å². The van der Waals surface area contributed by atoms with Crippen molar-refractivity contribution in [3.63, 3.8) is 0 Å². The molecule has 41 heavy (non-hydrogen) atoms. The molecule has 0 amide bonds. The molecule has 0 unspecified atom stereocenters. The molecule has 0 aliphatic heterocycles. The van der Waals surface area contributed by atoms with Crippen molar-refractivity contribution in [3.05, 3.63) is 65.9 Å². The van der Waals surface area contributed by atoms with Gasteiger partial charge in [0.15, 0.2) is 5.78 Å². The first-order chi connectivity index (χ1) is 19.3. The molecule has 4 rings (SSSR count). The number of hydrogen-bond donors (Lipinski definition) is 3. The van der Waals surface area contributed by atoms with Crippen LogP contribution < -0.4 is 16.2 Å². The van der Waals surface area contributed by atoms with Gasteiger partial charge in [-0.25, -0.2) is 9.97 Å². The number of nitrogen functional groups attached to an aromatic ring is 1. The lowest BCUT2D eigenvalue weighted by molar-refractivity contribution is -0.151. The Kier molecular flexibility index (Phi) is 8.14. The minimum Gasteiger partial charge on any atom is -0.493 e. The lowest BCUT2D eigenvalue weighted by Gasteiger charge is -2.28. The molecule has 0 bridgehead atoms. The highest BCUT2D eigenvalue weighted by molar-refractivity contribution is 6.05. The Morgan fingerprint density at radius 3 is 2.61 bits per heavy atom. The Labute approximate surface area is 234 Å². The zero-order valence-electron chi connectivity index (χ0n) is 22.9. The fourth-order valence-corrected chi connectivity index (χ4v) is 5.48. The number of carbonyl (C=O) groups is 2. The Morgan fingerprint density at radius 2 is 2.02 bits per heavy atom. The van der Waals surface area contributed by atoms with E-state index in [1.807, 2.05) is 18.2 Å². The molecule has 1 saturated carbocycles. The van der Waals surface area contributed by atoms with Gasteiger partial charge in [0.05, 0.1) is 17.6 Å². The van der Waals surface area contributed by atoms with Gasteiger partial charge in [-0.3, -0.25) is 14.0 Å². The van der Waals surface area contributed by atoms with E-state index < -0.39 is 28.9 Å². The van der Waals surface area contributed by atoms with Crippen LogP contribution in [0.1, 0.15) is 62.1 Å². The van der Waals surface area contributed by atoms with E-state index >= 15 is 0 Å². The summed E-state index contributed by atoms with van der Waals surface area (Å²) in [5, 5.41) is 10.1. The van der Waals surface area contributed by atoms with E-state index in [0.717, 1.165) is 6.08 Å². The number of ether oxygens (including phenoxy) is 1. The van der Waals surface area contributed by atoms with Crippen molar-refractivity contribution in [2.75, 3.05) is 12.3 Å². The number of fused-ring (bicyclic) bond motifs is 1. The van der Waals surface area contributed by atoms with Crippen LogP contribution in [0.3, 0.4) is 0 Å². The summed E-state index contributed by atoms with van der Waals surface area (Å²) in [7, 11) is 0. The summed E-state index contributed by atoms with van der Waals surface area (Å²) in [6.07, 6.45) is 1.93. The van der Waals surface area contributed by atoms with E-state index in [0.29, 0.717) is 54.1 Å². The first-order valence-electron chi connectivity index (χ1n) is 13.2. The smallest absolute Gasteiger partial charge is 0.417 e. The Morgan fingerprint density at radius 1 is 1.29 bits per heavy atom. The number of nitrogens with zero attached hydrogens (tertiary/aromatic N) is 3. The number of ketones is 1. The van der Waals surface area contributed by atoms with Gasteiger partial charge >= 0.3 is 12.1 Å². The Balaban J connectivity index is 1.79. The number of nitrogens with two attached hydrogens (primary N) is 2. The number of carbonyl (C=O) groups excluding carboxylic acids is 1.